The Morgan fingerprint density at radius 1 is 1.00 bits per heavy atom. The molecule has 0 unspecified atom stereocenters. The number of carbonyl (C=O) groups is 1. The molecule has 3 rings (SSSR count). The van der Waals surface area contributed by atoms with E-state index >= 15 is 0 Å². The van der Waals surface area contributed by atoms with Crippen molar-refractivity contribution in [3.05, 3.63) is 71.3 Å². The topological polar surface area (TPSA) is 44.7 Å². The van der Waals surface area contributed by atoms with Gasteiger partial charge in [-0.1, -0.05) is 49.4 Å². The quantitative estimate of drug-likeness (QED) is 0.848. The highest BCUT2D eigenvalue weighted by atomic mass is 16.2. The normalized spacial score (nSPS) is 15.0. The van der Waals surface area contributed by atoms with Crippen LogP contribution in [0.25, 0.3) is 0 Å². The van der Waals surface area contributed by atoms with Crippen molar-refractivity contribution >= 4 is 11.6 Å². The summed E-state index contributed by atoms with van der Waals surface area (Å²) >= 11 is 0. The van der Waals surface area contributed by atoms with Crippen LogP contribution in [0.15, 0.2) is 59.7 Å². The van der Waals surface area contributed by atoms with Gasteiger partial charge in [-0.2, -0.15) is 5.10 Å². The van der Waals surface area contributed by atoms with E-state index in [1.807, 2.05) is 30.3 Å². The number of amides is 1. The van der Waals surface area contributed by atoms with Crippen LogP contribution < -0.4 is 5.43 Å². The fourth-order valence-electron chi connectivity index (χ4n) is 3.01. The van der Waals surface area contributed by atoms with Gasteiger partial charge < -0.3 is 0 Å². The Balaban J connectivity index is 1.48. The zero-order valence-electron chi connectivity index (χ0n) is 14.7. The molecule has 4 heteroatoms. The van der Waals surface area contributed by atoms with E-state index in [-0.39, 0.29) is 5.91 Å². The number of piperidine rings is 1. The summed E-state index contributed by atoms with van der Waals surface area (Å²) in [6.07, 6.45) is 2.79. The zero-order valence-corrected chi connectivity index (χ0v) is 14.7. The van der Waals surface area contributed by atoms with Crippen LogP contribution >= 0.6 is 0 Å². The van der Waals surface area contributed by atoms with Crippen LogP contribution in [0.2, 0.25) is 0 Å². The summed E-state index contributed by atoms with van der Waals surface area (Å²) in [6, 6.07) is 18.2. The number of likely N-dealkylation sites (tertiary alicyclic amines) is 1. The SMILES string of the molecule is CCc1ccc(C(=O)NN=C2CCN(Cc3ccccc3)CC2)cc1. The highest BCUT2D eigenvalue weighted by Gasteiger charge is 2.15. The monoisotopic (exact) mass is 335 g/mol. The number of aryl methyl sites for hydroxylation is 1. The number of benzene rings is 2. The lowest BCUT2D eigenvalue weighted by molar-refractivity contribution is 0.0954. The van der Waals surface area contributed by atoms with Gasteiger partial charge in [0.05, 0.1) is 0 Å². The van der Waals surface area contributed by atoms with E-state index in [4.69, 9.17) is 0 Å². The van der Waals surface area contributed by atoms with Crippen molar-refractivity contribution in [3.8, 4) is 0 Å². The zero-order chi connectivity index (χ0) is 17.5. The molecule has 25 heavy (non-hydrogen) atoms. The van der Waals surface area contributed by atoms with Crippen molar-refractivity contribution < 1.29 is 4.79 Å². The Labute approximate surface area is 149 Å². The van der Waals surface area contributed by atoms with Crippen LogP contribution in [0.5, 0.6) is 0 Å². The molecule has 0 saturated carbocycles. The third-order valence-corrected chi connectivity index (χ3v) is 4.62. The highest BCUT2D eigenvalue weighted by molar-refractivity contribution is 5.95. The Kier molecular flexibility index (Phi) is 5.96. The van der Waals surface area contributed by atoms with Gasteiger partial charge in [0.2, 0.25) is 0 Å². The molecule has 1 heterocycles. The molecule has 0 aliphatic carbocycles. The molecule has 130 valence electrons. The summed E-state index contributed by atoms with van der Waals surface area (Å²) in [5.74, 6) is -0.137. The number of nitrogens with zero attached hydrogens (tertiary/aromatic N) is 2. The van der Waals surface area contributed by atoms with Gasteiger partial charge in [0, 0.05) is 43.8 Å². The third-order valence-electron chi connectivity index (χ3n) is 4.62. The number of hydrazone groups is 1. The average Bonchev–Trinajstić information content (AvgIpc) is 2.68. The molecule has 1 amide bonds. The number of hydrogen-bond acceptors (Lipinski definition) is 3. The fourth-order valence-corrected chi connectivity index (χ4v) is 3.01. The molecular weight excluding hydrogens is 310 g/mol. The van der Waals surface area contributed by atoms with E-state index in [1.165, 1.54) is 11.1 Å². The number of hydrogen-bond donors (Lipinski definition) is 1. The van der Waals surface area contributed by atoms with Gasteiger partial charge >= 0.3 is 0 Å². The summed E-state index contributed by atoms with van der Waals surface area (Å²) in [4.78, 5) is 14.6. The first-order chi connectivity index (χ1) is 12.2. The van der Waals surface area contributed by atoms with Crippen LogP contribution in [-0.4, -0.2) is 29.6 Å². The molecule has 1 aliphatic heterocycles. The minimum atomic E-state index is -0.137. The lowest BCUT2D eigenvalue weighted by Gasteiger charge is -2.27. The molecule has 1 saturated heterocycles. The van der Waals surface area contributed by atoms with Crippen LogP contribution in [-0.2, 0) is 13.0 Å². The largest absolute Gasteiger partial charge is 0.298 e. The van der Waals surface area contributed by atoms with E-state index in [0.29, 0.717) is 5.56 Å². The summed E-state index contributed by atoms with van der Waals surface area (Å²) in [7, 11) is 0. The van der Waals surface area contributed by atoms with Gasteiger partial charge in [-0.25, -0.2) is 5.43 Å². The Hall–Kier alpha value is -2.46. The van der Waals surface area contributed by atoms with E-state index in [9.17, 15) is 4.79 Å². The lowest BCUT2D eigenvalue weighted by atomic mass is 10.1. The first kappa shape index (κ1) is 17.4. The van der Waals surface area contributed by atoms with E-state index in [2.05, 4.69) is 46.6 Å². The van der Waals surface area contributed by atoms with Gasteiger partial charge in [-0.15, -0.1) is 0 Å². The Morgan fingerprint density at radius 3 is 2.32 bits per heavy atom. The Morgan fingerprint density at radius 2 is 1.68 bits per heavy atom. The predicted octanol–water partition coefficient (Wildman–Crippen LogP) is 3.63. The maximum Gasteiger partial charge on any atom is 0.271 e. The van der Waals surface area contributed by atoms with E-state index in [0.717, 1.165) is 44.6 Å². The summed E-state index contributed by atoms with van der Waals surface area (Å²) in [5.41, 5.74) is 7.00. The summed E-state index contributed by atoms with van der Waals surface area (Å²) in [6.45, 7) is 5.04. The van der Waals surface area contributed by atoms with Crippen LogP contribution in [0.1, 0.15) is 41.3 Å². The molecule has 0 bridgehead atoms. The number of nitrogens with one attached hydrogen (secondary N) is 1. The highest BCUT2D eigenvalue weighted by Crippen LogP contribution is 2.12. The van der Waals surface area contributed by atoms with Crippen molar-refractivity contribution in [1.29, 1.82) is 0 Å². The van der Waals surface area contributed by atoms with Crippen molar-refractivity contribution in [2.45, 2.75) is 32.7 Å². The molecule has 4 nitrogen and oxygen atoms in total. The molecule has 0 atom stereocenters. The maximum absolute atomic E-state index is 12.2. The molecule has 1 N–H and O–H groups in total. The summed E-state index contributed by atoms with van der Waals surface area (Å²) < 4.78 is 0. The third kappa shape index (κ3) is 5.00. The molecular formula is C21H25N3O. The molecule has 0 radical (unpaired) electrons. The summed E-state index contributed by atoms with van der Waals surface area (Å²) in [5, 5.41) is 4.33. The second-order valence-corrected chi connectivity index (χ2v) is 6.43. The second kappa shape index (κ2) is 8.58. The molecule has 1 fully saturated rings. The molecule has 2 aromatic rings. The average molecular weight is 335 g/mol. The Bertz CT molecular complexity index is 713. The number of carbonyl (C=O) groups excluding carboxylic acids is 1. The van der Waals surface area contributed by atoms with Crippen molar-refractivity contribution in [3.63, 3.8) is 0 Å². The number of rotatable bonds is 5. The predicted molar refractivity (Wildman–Crippen MR) is 102 cm³/mol. The second-order valence-electron chi connectivity index (χ2n) is 6.43. The van der Waals surface area contributed by atoms with Gasteiger partial charge in [0.15, 0.2) is 0 Å². The first-order valence-corrected chi connectivity index (χ1v) is 8.95. The lowest BCUT2D eigenvalue weighted by Crippen LogP contribution is -2.34. The van der Waals surface area contributed by atoms with E-state index < -0.39 is 0 Å². The van der Waals surface area contributed by atoms with Crippen LogP contribution in [0, 0.1) is 0 Å². The van der Waals surface area contributed by atoms with Gasteiger partial charge in [0.25, 0.3) is 5.91 Å². The minimum absolute atomic E-state index is 0.137. The fraction of sp³-hybridized carbons (Fsp3) is 0.333. The van der Waals surface area contributed by atoms with Gasteiger partial charge in [0.1, 0.15) is 0 Å². The molecule has 2 aromatic carbocycles. The van der Waals surface area contributed by atoms with Crippen molar-refractivity contribution in [2.75, 3.05) is 13.1 Å². The molecule has 0 aromatic heterocycles. The van der Waals surface area contributed by atoms with Gasteiger partial charge in [-0.05, 0) is 29.7 Å². The van der Waals surface area contributed by atoms with Crippen molar-refractivity contribution in [2.24, 2.45) is 5.10 Å². The molecule has 1 aliphatic rings. The minimum Gasteiger partial charge on any atom is -0.298 e. The maximum atomic E-state index is 12.2. The smallest absolute Gasteiger partial charge is 0.271 e. The first-order valence-electron chi connectivity index (χ1n) is 8.95. The van der Waals surface area contributed by atoms with Crippen LogP contribution in [0.4, 0.5) is 0 Å². The van der Waals surface area contributed by atoms with Crippen molar-refractivity contribution in [1.82, 2.24) is 10.3 Å². The van der Waals surface area contributed by atoms with Gasteiger partial charge in [-0.3, -0.25) is 9.69 Å². The van der Waals surface area contributed by atoms with E-state index in [1.54, 1.807) is 0 Å². The van der Waals surface area contributed by atoms with Crippen LogP contribution in [0.3, 0.4) is 0 Å². The molecule has 0 spiro atoms. The standard InChI is InChI=1S/C21H25N3O/c1-2-17-8-10-19(11-9-17)21(25)23-22-20-12-14-24(15-13-20)16-18-6-4-3-5-7-18/h3-11H,2,12-16H2,1H3,(H,23,25).